The second kappa shape index (κ2) is 7.62. The lowest BCUT2D eigenvalue weighted by Gasteiger charge is -2.24. The van der Waals surface area contributed by atoms with Gasteiger partial charge in [-0.3, -0.25) is 9.59 Å². The van der Waals surface area contributed by atoms with E-state index in [2.05, 4.69) is 12.1 Å². The van der Waals surface area contributed by atoms with E-state index in [1.165, 1.54) is 45.1 Å². The van der Waals surface area contributed by atoms with E-state index < -0.39 is 17.7 Å². The molecular formula is C19H26O4. The SMILES string of the molecule is C[C@H](C(=O)OC(C)(C)OC=O)c1ccc(CC2CCCC2)cc1. The Morgan fingerprint density at radius 1 is 1.26 bits per heavy atom. The standard InChI is InChI=1S/C19H26O4/c1-14(18(21)23-19(2,3)22-13-20)17-10-8-16(9-11-17)12-15-6-4-5-7-15/h8-11,13-15H,4-7,12H2,1-3H3/t14-/m0/s1. The van der Waals surface area contributed by atoms with Gasteiger partial charge in [0, 0.05) is 13.8 Å². The topological polar surface area (TPSA) is 52.6 Å². The van der Waals surface area contributed by atoms with Crippen molar-refractivity contribution in [2.75, 3.05) is 0 Å². The van der Waals surface area contributed by atoms with Crippen LogP contribution in [0.5, 0.6) is 0 Å². The van der Waals surface area contributed by atoms with Gasteiger partial charge in [0.05, 0.1) is 5.92 Å². The molecule has 4 heteroatoms. The fourth-order valence-corrected chi connectivity index (χ4v) is 3.10. The molecule has 0 bridgehead atoms. The van der Waals surface area contributed by atoms with Crippen LogP contribution in [0.25, 0.3) is 0 Å². The number of hydrogen-bond acceptors (Lipinski definition) is 4. The average molecular weight is 318 g/mol. The van der Waals surface area contributed by atoms with Crippen molar-refractivity contribution in [3.05, 3.63) is 35.4 Å². The number of ether oxygens (including phenoxy) is 2. The smallest absolute Gasteiger partial charge is 0.316 e. The van der Waals surface area contributed by atoms with Gasteiger partial charge >= 0.3 is 5.97 Å². The van der Waals surface area contributed by atoms with Crippen LogP contribution in [0.3, 0.4) is 0 Å². The minimum atomic E-state index is -1.24. The Hall–Kier alpha value is -1.84. The maximum atomic E-state index is 12.2. The van der Waals surface area contributed by atoms with Crippen molar-refractivity contribution in [3.8, 4) is 0 Å². The lowest BCUT2D eigenvalue weighted by atomic mass is 9.95. The molecule has 1 aliphatic rings. The lowest BCUT2D eigenvalue weighted by Crippen LogP contribution is -2.32. The van der Waals surface area contributed by atoms with Gasteiger partial charge in [-0.1, -0.05) is 49.9 Å². The predicted octanol–water partition coefficient (Wildman–Crippen LogP) is 3.98. The number of rotatable bonds is 7. The van der Waals surface area contributed by atoms with Crippen molar-refractivity contribution in [1.82, 2.24) is 0 Å². The van der Waals surface area contributed by atoms with Gasteiger partial charge < -0.3 is 9.47 Å². The second-order valence-electron chi connectivity index (χ2n) is 6.85. The molecule has 0 aromatic heterocycles. The molecular weight excluding hydrogens is 292 g/mol. The zero-order valence-corrected chi connectivity index (χ0v) is 14.2. The van der Waals surface area contributed by atoms with Crippen LogP contribution in [-0.4, -0.2) is 18.2 Å². The van der Waals surface area contributed by atoms with Crippen LogP contribution in [0.1, 0.15) is 63.5 Å². The molecule has 1 aromatic rings. The third-order valence-corrected chi connectivity index (χ3v) is 4.51. The van der Waals surface area contributed by atoms with Crippen LogP contribution in [0.15, 0.2) is 24.3 Å². The van der Waals surface area contributed by atoms with E-state index in [4.69, 9.17) is 9.47 Å². The Bertz CT molecular complexity index is 527. The highest BCUT2D eigenvalue weighted by molar-refractivity contribution is 5.78. The zero-order valence-electron chi connectivity index (χ0n) is 14.2. The number of carbonyl (C=O) groups excluding carboxylic acids is 2. The van der Waals surface area contributed by atoms with Crippen LogP contribution >= 0.6 is 0 Å². The van der Waals surface area contributed by atoms with Crippen LogP contribution in [0, 0.1) is 5.92 Å². The van der Waals surface area contributed by atoms with Crippen molar-refractivity contribution < 1.29 is 19.1 Å². The van der Waals surface area contributed by atoms with Gasteiger partial charge in [0.25, 0.3) is 12.3 Å². The molecule has 1 fully saturated rings. The highest BCUT2D eigenvalue weighted by Gasteiger charge is 2.28. The number of carbonyl (C=O) groups is 2. The monoisotopic (exact) mass is 318 g/mol. The molecule has 0 radical (unpaired) electrons. The summed E-state index contributed by atoms with van der Waals surface area (Å²) in [4.78, 5) is 22.6. The maximum absolute atomic E-state index is 12.2. The molecule has 23 heavy (non-hydrogen) atoms. The van der Waals surface area contributed by atoms with Crippen molar-refractivity contribution in [1.29, 1.82) is 0 Å². The van der Waals surface area contributed by atoms with Crippen LogP contribution < -0.4 is 0 Å². The first-order valence-electron chi connectivity index (χ1n) is 8.34. The molecule has 1 atom stereocenters. The Kier molecular flexibility index (Phi) is 5.80. The third-order valence-electron chi connectivity index (χ3n) is 4.51. The summed E-state index contributed by atoms with van der Waals surface area (Å²) < 4.78 is 10.00. The molecule has 1 aromatic carbocycles. The zero-order chi connectivity index (χ0) is 16.9. The fraction of sp³-hybridized carbons (Fsp3) is 0.579. The number of hydrogen-bond donors (Lipinski definition) is 0. The van der Waals surface area contributed by atoms with Gasteiger partial charge in [-0.15, -0.1) is 0 Å². The first kappa shape index (κ1) is 17.5. The molecule has 2 rings (SSSR count). The van der Waals surface area contributed by atoms with Crippen molar-refractivity contribution in [2.45, 2.75) is 64.6 Å². The van der Waals surface area contributed by atoms with Crippen molar-refractivity contribution in [3.63, 3.8) is 0 Å². The molecule has 1 aliphatic carbocycles. The van der Waals surface area contributed by atoms with Gasteiger partial charge in [0.15, 0.2) is 0 Å². The van der Waals surface area contributed by atoms with E-state index in [-0.39, 0.29) is 6.47 Å². The van der Waals surface area contributed by atoms with E-state index in [1.54, 1.807) is 6.92 Å². The summed E-state index contributed by atoms with van der Waals surface area (Å²) in [5, 5.41) is 0. The second-order valence-corrected chi connectivity index (χ2v) is 6.85. The molecule has 0 N–H and O–H groups in total. The van der Waals surface area contributed by atoms with E-state index in [9.17, 15) is 9.59 Å². The molecule has 0 aliphatic heterocycles. The number of esters is 1. The van der Waals surface area contributed by atoms with Gasteiger partial charge in [-0.25, -0.2) is 0 Å². The normalized spacial score (nSPS) is 16.8. The lowest BCUT2D eigenvalue weighted by molar-refractivity contribution is -0.208. The minimum Gasteiger partial charge on any atom is -0.425 e. The number of benzene rings is 1. The summed E-state index contributed by atoms with van der Waals surface area (Å²) in [6, 6.07) is 8.18. The Balaban J connectivity index is 1.94. The third kappa shape index (κ3) is 5.08. The quantitative estimate of drug-likeness (QED) is 0.433. The molecule has 0 spiro atoms. The molecule has 0 saturated heterocycles. The first-order chi connectivity index (χ1) is 10.9. The summed E-state index contributed by atoms with van der Waals surface area (Å²) in [5.41, 5.74) is 2.23. The Morgan fingerprint density at radius 3 is 2.43 bits per heavy atom. The molecule has 4 nitrogen and oxygen atoms in total. The molecule has 0 amide bonds. The van der Waals surface area contributed by atoms with Gasteiger partial charge in [-0.05, 0) is 30.4 Å². The summed E-state index contributed by atoms with van der Waals surface area (Å²) >= 11 is 0. The van der Waals surface area contributed by atoms with E-state index in [1.807, 2.05) is 12.1 Å². The molecule has 1 saturated carbocycles. The maximum Gasteiger partial charge on any atom is 0.316 e. The van der Waals surface area contributed by atoms with Gasteiger partial charge in [-0.2, -0.15) is 0 Å². The summed E-state index contributed by atoms with van der Waals surface area (Å²) in [6.45, 7) is 5.16. The fourth-order valence-electron chi connectivity index (χ4n) is 3.10. The largest absolute Gasteiger partial charge is 0.425 e. The highest BCUT2D eigenvalue weighted by atomic mass is 16.7. The predicted molar refractivity (Wildman–Crippen MR) is 87.8 cm³/mol. The molecule has 0 heterocycles. The Morgan fingerprint density at radius 2 is 1.87 bits per heavy atom. The van der Waals surface area contributed by atoms with E-state index in [0.717, 1.165) is 17.9 Å². The van der Waals surface area contributed by atoms with Crippen LogP contribution in [0.2, 0.25) is 0 Å². The van der Waals surface area contributed by atoms with Crippen molar-refractivity contribution in [2.24, 2.45) is 5.92 Å². The van der Waals surface area contributed by atoms with Crippen molar-refractivity contribution >= 4 is 12.4 Å². The summed E-state index contributed by atoms with van der Waals surface area (Å²) in [7, 11) is 0. The van der Waals surface area contributed by atoms with Gasteiger partial charge in [0.1, 0.15) is 0 Å². The minimum absolute atomic E-state index is 0.287. The summed E-state index contributed by atoms with van der Waals surface area (Å²) in [5.74, 6) is -1.23. The molecule has 0 unspecified atom stereocenters. The van der Waals surface area contributed by atoms with Gasteiger partial charge in [0.2, 0.25) is 0 Å². The van der Waals surface area contributed by atoms with Crippen LogP contribution in [0.4, 0.5) is 0 Å². The van der Waals surface area contributed by atoms with E-state index in [0.29, 0.717) is 0 Å². The average Bonchev–Trinajstić information content (AvgIpc) is 2.99. The first-order valence-corrected chi connectivity index (χ1v) is 8.34. The summed E-state index contributed by atoms with van der Waals surface area (Å²) in [6.07, 6.45) is 6.49. The Labute approximate surface area is 138 Å². The van der Waals surface area contributed by atoms with E-state index >= 15 is 0 Å². The highest BCUT2D eigenvalue weighted by Crippen LogP contribution is 2.28. The van der Waals surface area contributed by atoms with Crippen LogP contribution in [-0.2, 0) is 25.5 Å². The molecule has 126 valence electrons.